The second-order valence-electron chi connectivity index (χ2n) is 33.8. The molecule has 20 rings (SSSR count). The van der Waals surface area contributed by atoms with Crippen molar-refractivity contribution in [2.75, 3.05) is 68.5 Å². The SMILES string of the molecule is [2H]C([2H])(CCc1sccc1OC)C[C@@]1(c2ccccn2)C([2H])([2H])COC2(C([2H])([2H])C([2H])([2H])C([2H])([2H])C2([2H])[2H])C1([2H])[2H].[2H]C([2H])(CCc1sccc1OC)C[C@@]1(c2ccccn2)C([2H])([2H])COC2(C([2H])([2H])CCC2([2H])[2H])C1([2H])[2H].[2H]C([2H])(CCc1sccc1OC)C[C@@]1(c2ccccn2)CC([2H])([2H])OC2(C1)C([2H])([2H])C([2H])([2H])C([2H])([2H])C2([2H])[2H].[2H]C([2H])(CCc1sccc1OC)C[C@@]1(c2ccccn2)CC([2H])([2H])OC2(CC([2H])([2H])C([2H])([2H])C2)C1.[2H]C([2H])(CCc1sccc1OC)C[C@@]1(c2ccccn2)CCOC2(C1)C([2H])([2H])C([2H])([2H])C([2H])([2H])C2([2H])[2H]. The lowest BCUT2D eigenvalue weighted by molar-refractivity contribution is -0.105. The van der Waals surface area contributed by atoms with Crippen molar-refractivity contribution in [3.8, 4) is 28.7 Å². The summed E-state index contributed by atoms with van der Waals surface area (Å²) in [6.07, 6.45) is -68.3. The topological polar surface area (TPSA) is 157 Å². The highest BCUT2D eigenvalue weighted by molar-refractivity contribution is 7.11. The highest BCUT2D eigenvalue weighted by Gasteiger charge is 2.54. The number of ether oxygens (including phenoxy) is 10. The summed E-state index contributed by atoms with van der Waals surface area (Å²) >= 11 is 7.09. The summed E-state index contributed by atoms with van der Waals surface area (Å²) in [5.74, 6) is 3.17. The molecule has 730 valence electrons. The van der Waals surface area contributed by atoms with Crippen LogP contribution in [-0.2, 0) is 82.9 Å². The van der Waals surface area contributed by atoms with Gasteiger partial charge in [0.25, 0.3) is 0 Å². The van der Waals surface area contributed by atoms with Crippen molar-refractivity contribution < 1.29 is 121 Å². The molecule has 10 aliphatic rings. The van der Waals surface area contributed by atoms with Crippen LogP contribution in [-0.4, -0.2) is 121 Å². The van der Waals surface area contributed by atoms with Crippen molar-refractivity contribution >= 4 is 56.7 Å². The van der Waals surface area contributed by atoms with E-state index >= 15 is 0 Å². The molecule has 10 aromatic heterocycles. The highest BCUT2D eigenvalue weighted by Crippen LogP contribution is 2.57. The fraction of sp³-hybridized carbons (Fsp3) is 0.609. The van der Waals surface area contributed by atoms with E-state index in [9.17, 15) is 5.48 Å². The molecule has 10 fully saturated rings. The zero-order chi connectivity index (χ0) is 141. The summed E-state index contributed by atoms with van der Waals surface area (Å²) in [4.78, 5) is 25.9. The first-order valence-corrected chi connectivity index (χ1v) is 49.7. The van der Waals surface area contributed by atoms with Gasteiger partial charge >= 0.3 is 0 Å². The first-order chi connectivity index (χ1) is 86.4. The molecular formula is C115H155N5O10S5. The minimum Gasteiger partial charge on any atom is -0.496 e. The predicted molar refractivity (Wildman–Crippen MR) is 554 cm³/mol. The first-order valence-electron chi connectivity index (χ1n) is 72.3. The van der Waals surface area contributed by atoms with Crippen LogP contribution >= 0.6 is 56.7 Å². The van der Waals surface area contributed by atoms with E-state index in [4.69, 9.17) is 116 Å². The molecule has 20 heteroatoms. The zero-order valence-electron chi connectivity index (χ0n) is 130. The Hall–Kier alpha value is -6.95. The van der Waals surface area contributed by atoms with Gasteiger partial charge in [-0.25, -0.2) is 0 Å². The minimum absolute atomic E-state index is 0.0171. The number of pyridine rings is 5. The number of hydrogen-bond acceptors (Lipinski definition) is 20. The molecule has 5 aliphatic carbocycles. The molecule has 0 amide bonds. The molecule has 0 unspecified atom stereocenters. The van der Waals surface area contributed by atoms with E-state index in [1.54, 1.807) is 105 Å². The van der Waals surface area contributed by atoms with Gasteiger partial charge in [0.05, 0.1) is 69.0 Å². The first kappa shape index (κ1) is 53.2. The van der Waals surface area contributed by atoms with Gasteiger partial charge < -0.3 is 47.4 Å². The molecule has 5 saturated carbocycles. The van der Waals surface area contributed by atoms with E-state index < -0.39 is 279 Å². The summed E-state index contributed by atoms with van der Waals surface area (Å²) in [6.45, 7) is -7.14. The molecule has 0 bridgehead atoms. The van der Waals surface area contributed by atoms with E-state index in [-0.39, 0.29) is 126 Å². The number of aromatic nitrogens is 5. The Kier molecular flexibility index (Phi) is 19.3. The van der Waals surface area contributed by atoms with E-state index in [1.807, 2.05) is 33.7 Å². The molecule has 15 nitrogen and oxygen atoms in total. The normalized spacial score (nSPS) is 39.0. The summed E-state index contributed by atoms with van der Waals surface area (Å²) in [7, 11) is 7.63. The van der Waals surface area contributed by atoms with Crippen LogP contribution in [0.4, 0.5) is 0 Å². The van der Waals surface area contributed by atoms with Crippen LogP contribution in [0.2, 0.25) is 0 Å². The number of hydrogen-bond donors (Lipinski definition) is 0. The van der Waals surface area contributed by atoms with Crippen LogP contribution in [0.1, 0.15) is 415 Å². The maximum absolute atomic E-state index is 9.41. The summed E-state index contributed by atoms with van der Waals surface area (Å²) in [6, 6.07) is 32.6. The van der Waals surface area contributed by atoms with Crippen LogP contribution in [0.3, 0.4) is 0 Å². The molecule has 15 heterocycles. The zero-order valence-corrected chi connectivity index (χ0v) is 80.6. The molecule has 5 spiro atoms. The van der Waals surface area contributed by atoms with Gasteiger partial charge in [0.2, 0.25) is 0 Å². The van der Waals surface area contributed by atoms with Gasteiger partial charge in [-0.05, 0) is 342 Å². The fourth-order valence-electron chi connectivity index (χ4n) is 18.2. The van der Waals surface area contributed by atoms with Crippen molar-refractivity contribution in [1.29, 1.82) is 0 Å². The largest absolute Gasteiger partial charge is 0.496 e. The van der Waals surface area contributed by atoms with Crippen molar-refractivity contribution in [2.24, 2.45) is 0 Å². The van der Waals surface area contributed by atoms with Gasteiger partial charge in [-0.1, -0.05) is 126 Å². The Labute approximate surface area is 904 Å². The molecular weight excluding hydrogens is 1770 g/mol. The van der Waals surface area contributed by atoms with Crippen LogP contribution in [0, 0.1) is 0 Å². The average Bonchev–Trinajstić information content (AvgIpc) is 1.45. The Morgan fingerprint density at radius 2 is 0.563 bits per heavy atom. The number of thiophene rings is 5. The summed E-state index contributed by atoms with van der Waals surface area (Å²) in [5, 5.41) is 9.17. The van der Waals surface area contributed by atoms with E-state index in [0.29, 0.717) is 58.5 Å². The molecule has 10 aromatic rings. The third-order valence-corrected chi connectivity index (χ3v) is 29.8. The molecule has 0 aromatic carbocycles. The number of nitrogens with zero attached hydrogens (tertiary/aromatic N) is 5. The quantitative estimate of drug-likeness (QED) is 0.0369. The van der Waals surface area contributed by atoms with Gasteiger partial charge in [0, 0.05) is 212 Å². The Morgan fingerprint density at radius 3 is 0.881 bits per heavy atom. The predicted octanol–water partition coefficient (Wildman–Crippen LogP) is 29.6. The van der Waals surface area contributed by atoms with Crippen molar-refractivity contribution in [2.45, 2.75) is 375 Å². The third kappa shape index (κ3) is 25.7. The lowest BCUT2D eigenvalue weighted by atomic mass is 9.67. The molecule has 5 saturated heterocycles. The Balaban J connectivity index is 0.000000162. The van der Waals surface area contributed by atoms with E-state index in [2.05, 4.69) is 24.9 Å². The standard InChI is InChI=1S/5C23H31NO2S/c5*1-25-19-10-17-27-20(19)8-2-4-11-22(21-9-3-7-15-24-21)14-16-26-23(18-22)12-5-6-13-23/h5*3,7,9-10,15,17H,2,4-6,8,11-14,16,18H2,1H3/t5*22-/m11111/s1/i4D2,5D2,6D2,12D2,13D2,14D2,18D2;4D2,5D2,6D2,12D2,13D2,16D2;4D2,12D2,13D2,14D2,18D2;4D2,5D2,6D2,12D2,13D2;4D2,5D2,6D2,16D2. The highest BCUT2D eigenvalue weighted by atomic mass is 32.1. The van der Waals surface area contributed by atoms with E-state index in [0.717, 1.165) is 25.3 Å². The minimum atomic E-state index is -3.69. The fourth-order valence-corrected chi connectivity index (χ4v) is 22.4. The molecule has 0 radical (unpaired) electrons. The smallest absolute Gasteiger partial charge is 0.132 e. The van der Waals surface area contributed by atoms with E-state index in [1.165, 1.54) is 133 Å². The number of methoxy groups -OCH3 is 5. The van der Waals surface area contributed by atoms with Crippen molar-refractivity contribution in [3.05, 3.63) is 232 Å². The monoisotopic (exact) mass is 1980 g/mol. The van der Waals surface area contributed by atoms with Crippen LogP contribution in [0.25, 0.3) is 0 Å². The third-order valence-electron chi connectivity index (χ3n) is 25.0. The molecule has 5 aliphatic heterocycles. The summed E-state index contributed by atoms with van der Waals surface area (Å²) < 4.78 is 524. The molecule has 0 N–H and O–H groups in total. The van der Waals surface area contributed by atoms with Crippen molar-refractivity contribution in [3.63, 3.8) is 0 Å². The molecule has 135 heavy (non-hydrogen) atoms. The lowest BCUT2D eigenvalue weighted by Crippen LogP contribution is -2.46. The molecule has 5 atom stereocenters. The second kappa shape index (κ2) is 49.0. The van der Waals surface area contributed by atoms with Crippen LogP contribution < -0.4 is 23.7 Å². The second-order valence-corrected chi connectivity index (χ2v) is 38.8. The van der Waals surface area contributed by atoms with Gasteiger partial charge in [-0.2, -0.15) is 0 Å². The Bertz CT molecular complexity index is 7750. The van der Waals surface area contributed by atoms with Gasteiger partial charge in [-0.15, -0.1) is 56.7 Å². The lowest BCUT2D eigenvalue weighted by Gasteiger charge is -2.46. The summed E-state index contributed by atoms with van der Waals surface area (Å²) in [5.41, 5.74) is -21.5. The maximum atomic E-state index is 9.41. The van der Waals surface area contributed by atoms with Gasteiger partial charge in [0.1, 0.15) is 28.7 Å². The number of aryl methyl sites for hydroxylation is 5. The van der Waals surface area contributed by atoms with Crippen LogP contribution in [0.5, 0.6) is 28.7 Å². The van der Waals surface area contributed by atoms with Crippen LogP contribution in [0.15, 0.2) is 179 Å². The maximum Gasteiger partial charge on any atom is 0.132 e. The van der Waals surface area contributed by atoms with Gasteiger partial charge in [-0.3, -0.25) is 24.9 Å². The van der Waals surface area contributed by atoms with Gasteiger partial charge in [0.15, 0.2) is 0 Å². The average molecular weight is 1980 g/mol. The Morgan fingerprint density at radius 1 is 0.289 bits per heavy atom. The van der Waals surface area contributed by atoms with Crippen molar-refractivity contribution in [1.82, 2.24) is 24.9 Å². The number of rotatable bonds is 35.